The summed E-state index contributed by atoms with van der Waals surface area (Å²) < 4.78 is 18.6. The van der Waals surface area contributed by atoms with E-state index < -0.39 is 6.04 Å². The number of allylic oxidation sites excluding steroid dienone is 1. The number of nitrogens with zero attached hydrogens (tertiary/aromatic N) is 2. The molecule has 0 saturated carbocycles. The van der Waals surface area contributed by atoms with E-state index >= 15 is 0 Å². The number of aromatic nitrogens is 2. The van der Waals surface area contributed by atoms with E-state index in [2.05, 4.69) is 15.7 Å². The number of nitrogens with one attached hydrogen (secondary N) is 2. The maximum Gasteiger partial charge on any atom is 0.261 e. The number of halogens is 1. The molecule has 0 bridgehead atoms. The van der Waals surface area contributed by atoms with Crippen molar-refractivity contribution in [2.45, 2.75) is 6.04 Å². The molecule has 0 aliphatic carbocycles. The van der Waals surface area contributed by atoms with Gasteiger partial charge in [-0.3, -0.25) is 4.79 Å². The van der Waals surface area contributed by atoms with E-state index in [9.17, 15) is 4.79 Å². The van der Waals surface area contributed by atoms with Crippen molar-refractivity contribution in [2.75, 3.05) is 32.0 Å². The zero-order chi connectivity index (χ0) is 25.9. The first kappa shape index (κ1) is 24.3. The lowest BCUT2D eigenvalue weighted by molar-refractivity contribution is 0.102. The molecule has 1 amide bonds. The summed E-state index contributed by atoms with van der Waals surface area (Å²) in [6.45, 7) is 0. The van der Waals surface area contributed by atoms with Crippen LogP contribution in [0, 0.1) is 0 Å². The molecule has 9 heteroatoms. The minimum Gasteiger partial charge on any atom is -0.493 e. The van der Waals surface area contributed by atoms with Gasteiger partial charge in [-0.15, -0.1) is 0 Å². The highest BCUT2D eigenvalue weighted by Crippen LogP contribution is 2.45. The maximum atomic E-state index is 13.3. The Morgan fingerprint density at radius 3 is 2.35 bits per heavy atom. The van der Waals surface area contributed by atoms with Crippen molar-refractivity contribution in [1.29, 1.82) is 0 Å². The molecule has 1 atom stereocenters. The van der Waals surface area contributed by atoms with Crippen molar-refractivity contribution < 1.29 is 19.0 Å². The van der Waals surface area contributed by atoms with E-state index in [0.29, 0.717) is 39.3 Å². The largest absolute Gasteiger partial charge is 0.493 e. The molecule has 4 aromatic rings. The molecule has 2 N–H and O–H groups in total. The van der Waals surface area contributed by atoms with Crippen LogP contribution < -0.4 is 24.8 Å². The number of hydrogen-bond donors (Lipinski definition) is 2. The standard InChI is InChI=1S/C28H25ClN4O4/c1-35-24-14-13-20(25(36-2)26(24)37-3)23-15-22(17-9-11-18(29)12-10-17)32-27-21(16-30-33(23)27)28(34)31-19-7-5-4-6-8-19/h4-16,23,32H,1-3H3,(H,31,34). The van der Waals surface area contributed by atoms with Crippen LogP contribution in [0.15, 0.2) is 79.0 Å². The second kappa shape index (κ2) is 10.3. The molecule has 1 unspecified atom stereocenters. The summed E-state index contributed by atoms with van der Waals surface area (Å²) in [5.41, 5.74) is 3.56. The number of carbonyl (C=O) groups is 1. The lowest BCUT2D eigenvalue weighted by Crippen LogP contribution is -2.22. The smallest absolute Gasteiger partial charge is 0.261 e. The number of carbonyl (C=O) groups excluding carboxylic acids is 1. The van der Waals surface area contributed by atoms with Gasteiger partial charge in [-0.1, -0.05) is 41.9 Å². The fourth-order valence-electron chi connectivity index (χ4n) is 4.36. The quantitative estimate of drug-likeness (QED) is 0.319. The third-order valence-electron chi connectivity index (χ3n) is 6.12. The molecule has 188 valence electrons. The number of rotatable bonds is 7. The molecule has 37 heavy (non-hydrogen) atoms. The van der Waals surface area contributed by atoms with Gasteiger partial charge < -0.3 is 24.8 Å². The number of methoxy groups -OCH3 is 3. The summed E-state index contributed by atoms with van der Waals surface area (Å²) >= 11 is 6.13. The molecule has 0 spiro atoms. The number of hydrogen-bond acceptors (Lipinski definition) is 6. The number of para-hydroxylation sites is 1. The average Bonchev–Trinajstić information content (AvgIpc) is 3.37. The Kier molecular flexibility index (Phi) is 6.74. The highest BCUT2D eigenvalue weighted by molar-refractivity contribution is 6.30. The molecule has 0 radical (unpaired) electrons. The molecule has 1 aliphatic rings. The van der Waals surface area contributed by atoms with Crippen LogP contribution in [0.2, 0.25) is 5.02 Å². The van der Waals surface area contributed by atoms with Crippen LogP contribution >= 0.6 is 11.6 Å². The van der Waals surface area contributed by atoms with Crippen LogP contribution in [0.5, 0.6) is 17.2 Å². The fraction of sp³-hybridized carbons (Fsp3) is 0.143. The van der Waals surface area contributed by atoms with E-state index in [4.69, 9.17) is 25.8 Å². The molecule has 5 rings (SSSR count). The predicted octanol–water partition coefficient (Wildman–Crippen LogP) is 5.87. The Hall–Kier alpha value is -4.43. The molecule has 0 saturated heterocycles. The van der Waals surface area contributed by atoms with Crippen molar-refractivity contribution in [3.63, 3.8) is 0 Å². The van der Waals surface area contributed by atoms with Crippen LogP contribution in [-0.4, -0.2) is 37.0 Å². The van der Waals surface area contributed by atoms with Crippen LogP contribution in [0.1, 0.15) is 27.5 Å². The Balaban J connectivity index is 1.64. The van der Waals surface area contributed by atoms with Gasteiger partial charge in [0.15, 0.2) is 11.5 Å². The lowest BCUT2D eigenvalue weighted by atomic mass is 9.99. The van der Waals surface area contributed by atoms with Crippen LogP contribution in [0.25, 0.3) is 5.70 Å². The second-order valence-corrected chi connectivity index (χ2v) is 8.69. The minimum absolute atomic E-state index is 0.282. The summed E-state index contributed by atoms with van der Waals surface area (Å²) in [5, 5.41) is 11.6. The predicted molar refractivity (Wildman–Crippen MR) is 144 cm³/mol. The normalized spacial score (nSPS) is 14.2. The van der Waals surface area contributed by atoms with Gasteiger partial charge in [0.25, 0.3) is 5.91 Å². The number of fused-ring (bicyclic) bond motifs is 1. The molecular weight excluding hydrogens is 492 g/mol. The van der Waals surface area contributed by atoms with E-state index in [1.807, 2.05) is 72.8 Å². The minimum atomic E-state index is -0.421. The summed E-state index contributed by atoms with van der Waals surface area (Å²) in [4.78, 5) is 13.3. The first-order valence-corrected chi connectivity index (χ1v) is 11.9. The van der Waals surface area contributed by atoms with E-state index in [0.717, 1.165) is 16.8 Å². The zero-order valence-corrected chi connectivity index (χ0v) is 21.2. The third-order valence-corrected chi connectivity index (χ3v) is 6.37. The molecule has 0 fully saturated rings. The summed E-state index contributed by atoms with van der Waals surface area (Å²) in [7, 11) is 4.71. The second-order valence-electron chi connectivity index (χ2n) is 8.25. The number of ether oxygens (including phenoxy) is 3. The van der Waals surface area contributed by atoms with Crippen LogP contribution in [-0.2, 0) is 0 Å². The molecule has 1 aliphatic heterocycles. The molecule has 8 nitrogen and oxygen atoms in total. The highest BCUT2D eigenvalue weighted by atomic mass is 35.5. The molecular formula is C28H25ClN4O4. The average molecular weight is 517 g/mol. The van der Waals surface area contributed by atoms with Crippen LogP contribution in [0.3, 0.4) is 0 Å². The van der Waals surface area contributed by atoms with Gasteiger partial charge in [0.1, 0.15) is 17.4 Å². The van der Waals surface area contributed by atoms with Crippen molar-refractivity contribution >= 4 is 34.7 Å². The monoisotopic (exact) mass is 516 g/mol. The Labute approximate surface area is 219 Å². The summed E-state index contributed by atoms with van der Waals surface area (Å²) in [6, 6.07) is 20.1. The van der Waals surface area contributed by atoms with E-state index in [1.54, 1.807) is 32.2 Å². The molecule has 3 aromatic carbocycles. The van der Waals surface area contributed by atoms with Gasteiger partial charge in [-0.25, -0.2) is 4.68 Å². The van der Waals surface area contributed by atoms with E-state index in [-0.39, 0.29) is 5.91 Å². The van der Waals surface area contributed by atoms with Crippen LogP contribution in [0.4, 0.5) is 11.5 Å². The van der Waals surface area contributed by atoms with Gasteiger partial charge in [0.05, 0.1) is 27.5 Å². The van der Waals surface area contributed by atoms with Crippen molar-refractivity contribution in [3.8, 4) is 17.2 Å². The Morgan fingerprint density at radius 2 is 1.68 bits per heavy atom. The van der Waals surface area contributed by atoms with Gasteiger partial charge in [-0.2, -0.15) is 5.10 Å². The van der Waals surface area contributed by atoms with Crippen molar-refractivity contribution in [1.82, 2.24) is 9.78 Å². The van der Waals surface area contributed by atoms with Crippen molar-refractivity contribution in [2.24, 2.45) is 0 Å². The first-order valence-electron chi connectivity index (χ1n) is 11.5. The first-order chi connectivity index (χ1) is 18.0. The topological polar surface area (TPSA) is 86.6 Å². The SMILES string of the molecule is COc1ccc(C2C=C(c3ccc(Cl)cc3)Nc3c(C(=O)Nc4ccccc4)cnn32)c(OC)c1OC. The number of benzene rings is 3. The summed E-state index contributed by atoms with van der Waals surface area (Å²) in [6.07, 6.45) is 3.57. The number of amides is 1. The van der Waals surface area contributed by atoms with E-state index in [1.165, 1.54) is 0 Å². The Bertz CT molecular complexity index is 1470. The van der Waals surface area contributed by atoms with Gasteiger partial charge in [-0.05, 0) is 48.0 Å². The lowest BCUT2D eigenvalue weighted by Gasteiger charge is -2.28. The van der Waals surface area contributed by atoms with Gasteiger partial charge >= 0.3 is 0 Å². The highest BCUT2D eigenvalue weighted by Gasteiger charge is 2.31. The van der Waals surface area contributed by atoms with Crippen molar-refractivity contribution in [3.05, 3.63) is 101 Å². The fourth-order valence-corrected chi connectivity index (χ4v) is 4.48. The maximum absolute atomic E-state index is 13.3. The van der Waals surface area contributed by atoms with Gasteiger partial charge in [0, 0.05) is 22.0 Å². The summed E-state index contributed by atoms with van der Waals surface area (Å²) in [5.74, 6) is 1.79. The third kappa shape index (κ3) is 4.59. The molecule has 2 heterocycles. The molecule has 1 aromatic heterocycles. The Morgan fingerprint density at radius 1 is 0.946 bits per heavy atom. The van der Waals surface area contributed by atoms with Gasteiger partial charge in [0.2, 0.25) is 5.75 Å². The zero-order valence-electron chi connectivity index (χ0n) is 20.5. The number of anilines is 2.